The van der Waals surface area contributed by atoms with Gasteiger partial charge < -0.3 is 5.32 Å². The van der Waals surface area contributed by atoms with Crippen LogP contribution < -0.4 is 5.32 Å². The number of hydrogen-bond acceptors (Lipinski definition) is 4. The number of para-hydroxylation sites is 1. The molecule has 160 valence electrons. The third-order valence-corrected chi connectivity index (χ3v) is 7.06. The third-order valence-electron chi connectivity index (χ3n) is 5.62. The molecule has 2 heterocycles. The quantitative estimate of drug-likeness (QED) is 0.503. The van der Waals surface area contributed by atoms with Crippen LogP contribution in [0.4, 0.5) is 5.82 Å². The van der Waals surface area contributed by atoms with Gasteiger partial charge in [0, 0.05) is 11.1 Å². The molecule has 4 aromatic rings. The number of nitrogens with one attached hydrogen (secondary N) is 1. The molecule has 1 aliphatic rings. The maximum Gasteiger partial charge on any atom is 0.256 e. The predicted octanol–water partition coefficient (Wildman–Crippen LogP) is 4.53. The second-order valence-corrected chi connectivity index (χ2v) is 9.97. The summed E-state index contributed by atoms with van der Waals surface area (Å²) in [5.74, 6) is -0.147. The Morgan fingerprint density at radius 1 is 0.875 bits per heavy atom. The fourth-order valence-corrected chi connectivity index (χ4v) is 5.46. The summed E-state index contributed by atoms with van der Waals surface area (Å²) in [6, 6.07) is 24.9. The van der Waals surface area contributed by atoms with E-state index in [2.05, 4.69) is 10.4 Å². The van der Waals surface area contributed by atoms with Crippen molar-refractivity contribution in [3.63, 3.8) is 0 Å². The number of carbonyl (C=O) groups excluding carboxylic acids is 1. The van der Waals surface area contributed by atoms with E-state index >= 15 is 0 Å². The Hall–Kier alpha value is -3.71. The molecule has 0 aliphatic carbocycles. The molecule has 5 rings (SSSR count). The molecular formula is C25H21N3O3S. The largest absolute Gasteiger partial charge is 0.306 e. The molecule has 0 bridgehead atoms. The van der Waals surface area contributed by atoms with Gasteiger partial charge >= 0.3 is 0 Å². The molecular weight excluding hydrogens is 422 g/mol. The van der Waals surface area contributed by atoms with Gasteiger partial charge in [-0.2, -0.15) is 5.10 Å². The molecule has 0 saturated carbocycles. The minimum Gasteiger partial charge on any atom is -0.306 e. The van der Waals surface area contributed by atoms with Gasteiger partial charge in [-0.25, -0.2) is 13.1 Å². The van der Waals surface area contributed by atoms with Crippen LogP contribution in [0.5, 0.6) is 0 Å². The van der Waals surface area contributed by atoms with Gasteiger partial charge in [0.15, 0.2) is 9.84 Å². The molecule has 0 radical (unpaired) electrons. The van der Waals surface area contributed by atoms with Crippen LogP contribution in [-0.4, -0.2) is 24.1 Å². The lowest BCUT2D eigenvalue weighted by molar-refractivity contribution is 0.102. The lowest BCUT2D eigenvalue weighted by Crippen LogP contribution is -2.17. The molecule has 6 nitrogen and oxygen atoms in total. The molecule has 0 unspecified atom stereocenters. The number of hydrogen-bond donors (Lipinski definition) is 1. The fraction of sp³-hybridized carbons (Fsp3) is 0.120. The number of amides is 1. The number of sulfone groups is 1. The number of aryl methyl sites for hydroxylation is 1. The van der Waals surface area contributed by atoms with Crippen LogP contribution in [-0.2, 0) is 21.3 Å². The van der Waals surface area contributed by atoms with E-state index in [-0.39, 0.29) is 17.4 Å². The van der Waals surface area contributed by atoms with E-state index in [9.17, 15) is 13.2 Å². The van der Waals surface area contributed by atoms with Crippen molar-refractivity contribution in [1.29, 1.82) is 0 Å². The summed E-state index contributed by atoms with van der Waals surface area (Å²) in [6.45, 7) is 1.95. The normalized spacial score (nSPS) is 14.2. The summed E-state index contributed by atoms with van der Waals surface area (Å²) < 4.78 is 26.0. The lowest BCUT2D eigenvalue weighted by Gasteiger charge is -2.13. The molecule has 0 atom stereocenters. The standard InChI is InChI=1S/C25H21N3O3S/c1-17-7-5-6-10-23(17)28-24(21-15-32(30,31)16-22(21)27-28)26-25(29)20-13-11-19(12-14-20)18-8-3-2-4-9-18/h2-14H,15-16H2,1H3,(H,26,29). The molecule has 1 N–H and O–H groups in total. The van der Waals surface area contributed by atoms with E-state index in [0.717, 1.165) is 22.4 Å². The zero-order chi connectivity index (χ0) is 22.3. The van der Waals surface area contributed by atoms with Crippen molar-refractivity contribution in [3.05, 3.63) is 101 Å². The Bertz CT molecular complexity index is 1420. The average molecular weight is 444 g/mol. The monoisotopic (exact) mass is 443 g/mol. The average Bonchev–Trinajstić information content (AvgIpc) is 3.27. The zero-order valence-electron chi connectivity index (χ0n) is 17.4. The zero-order valence-corrected chi connectivity index (χ0v) is 18.3. The first-order chi connectivity index (χ1) is 15.4. The number of nitrogens with zero attached hydrogens (tertiary/aromatic N) is 2. The molecule has 1 amide bonds. The van der Waals surface area contributed by atoms with Crippen molar-refractivity contribution in [2.24, 2.45) is 0 Å². The van der Waals surface area contributed by atoms with Crippen molar-refractivity contribution < 1.29 is 13.2 Å². The predicted molar refractivity (Wildman–Crippen MR) is 124 cm³/mol. The van der Waals surface area contributed by atoms with Crippen molar-refractivity contribution in [2.45, 2.75) is 18.4 Å². The van der Waals surface area contributed by atoms with Crippen molar-refractivity contribution in [1.82, 2.24) is 9.78 Å². The molecule has 1 aromatic heterocycles. The Balaban J connectivity index is 1.50. The maximum atomic E-state index is 13.1. The number of anilines is 1. The van der Waals surface area contributed by atoms with Crippen LogP contribution in [0.3, 0.4) is 0 Å². The third kappa shape index (κ3) is 3.71. The van der Waals surface area contributed by atoms with E-state index in [1.807, 2.05) is 73.7 Å². The van der Waals surface area contributed by atoms with Gasteiger partial charge in [-0.3, -0.25) is 4.79 Å². The molecule has 1 aliphatic heterocycles. The summed E-state index contributed by atoms with van der Waals surface area (Å²) >= 11 is 0. The first-order valence-corrected chi connectivity index (χ1v) is 12.1. The highest BCUT2D eigenvalue weighted by molar-refractivity contribution is 7.90. The first kappa shape index (κ1) is 20.2. The highest BCUT2D eigenvalue weighted by Crippen LogP contribution is 2.34. The minimum atomic E-state index is -3.26. The van der Waals surface area contributed by atoms with E-state index in [1.165, 1.54) is 0 Å². The number of carbonyl (C=O) groups is 1. The first-order valence-electron chi connectivity index (χ1n) is 10.3. The highest BCUT2D eigenvalue weighted by atomic mass is 32.2. The molecule has 3 aromatic carbocycles. The van der Waals surface area contributed by atoms with E-state index in [4.69, 9.17) is 0 Å². The Kier molecular flexibility index (Phi) is 4.90. The lowest BCUT2D eigenvalue weighted by atomic mass is 10.0. The van der Waals surface area contributed by atoms with Gasteiger partial charge in [-0.05, 0) is 41.8 Å². The van der Waals surface area contributed by atoms with Gasteiger partial charge in [-0.15, -0.1) is 0 Å². The minimum absolute atomic E-state index is 0.115. The molecule has 32 heavy (non-hydrogen) atoms. The Morgan fingerprint density at radius 3 is 2.25 bits per heavy atom. The summed E-state index contributed by atoms with van der Waals surface area (Å²) in [7, 11) is -3.26. The van der Waals surface area contributed by atoms with Crippen molar-refractivity contribution >= 4 is 21.6 Å². The highest BCUT2D eigenvalue weighted by Gasteiger charge is 2.33. The number of rotatable bonds is 4. The van der Waals surface area contributed by atoms with Crippen LogP contribution >= 0.6 is 0 Å². The van der Waals surface area contributed by atoms with Crippen molar-refractivity contribution in [3.8, 4) is 16.8 Å². The molecule has 0 spiro atoms. The van der Waals surface area contributed by atoms with Crippen LogP contribution in [0.25, 0.3) is 16.8 Å². The second-order valence-electron chi connectivity index (χ2n) is 7.90. The maximum absolute atomic E-state index is 13.1. The van der Waals surface area contributed by atoms with E-state index in [0.29, 0.717) is 22.6 Å². The SMILES string of the molecule is Cc1ccccc1-n1nc2c(c1NC(=O)c1ccc(-c3ccccc3)cc1)CS(=O)(=O)C2. The van der Waals surface area contributed by atoms with E-state index in [1.54, 1.807) is 16.8 Å². The van der Waals surface area contributed by atoms with Gasteiger partial charge in [0.1, 0.15) is 5.82 Å². The topological polar surface area (TPSA) is 81.1 Å². The van der Waals surface area contributed by atoms with Crippen LogP contribution in [0.15, 0.2) is 78.9 Å². The molecule has 0 fully saturated rings. The Labute approximate surface area is 186 Å². The van der Waals surface area contributed by atoms with Crippen LogP contribution in [0.2, 0.25) is 0 Å². The van der Waals surface area contributed by atoms with Crippen LogP contribution in [0.1, 0.15) is 27.2 Å². The summed E-state index contributed by atoms with van der Waals surface area (Å²) in [5.41, 5.74) is 5.38. The number of fused-ring (bicyclic) bond motifs is 1. The van der Waals surface area contributed by atoms with Crippen LogP contribution in [0, 0.1) is 6.92 Å². The van der Waals surface area contributed by atoms with Crippen molar-refractivity contribution in [2.75, 3.05) is 5.32 Å². The van der Waals surface area contributed by atoms with Gasteiger partial charge in [0.25, 0.3) is 5.91 Å². The molecule has 7 heteroatoms. The van der Waals surface area contributed by atoms with Gasteiger partial charge in [-0.1, -0.05) is 60.7 Å². The van der Waals surface area contributed by atoms with Gasteiger partial charge in [0.05, 0.1) is 22.9 Å². The summed E-state index contributed by atoms with van der Waals surface area (Å²) in [5, 5.41) is 7.47. The second kappa shape index (κ2) is 7.76. The van der Waals surface area contributed by atoms with Gasteiger partial charge in [0.2, 0.25) is 0 Å². The Morgan fingerprint density at radius 2 is 1.53 bits per heavy atom. The van der Waals surface area contributed by atoms with E-state index < -0.39 is 9.84 Å². The number of benzene rings is 3. The summed E-state index contributed by atoms with van der Waals surface area (Å²) in [6.07, 6.45) is 0. The smallest absolute Gasteiger partial charge is 0.256 e. The summed E-state index contributed by atoms with van der Waals surface area (Å²) in [4.78, 5) is 13.1. The number of aromatic nitrogens is 2. The molecule has 0 saturated heterocycles. The fourth-order valence-electron chi connectivity index (χ4n) is 3.97.